The number of H-pyrrole nitrogens is 1. The Hall–Kier alpha value is -2.18. The van der Waals surface area contributed by atoms with Crippen LogP contribution in [0.5, 0.6) is 0 Å². The van der Waals surface area contributed by atoms with Gasteiger partial charge in [-0.15, -0.1) is 0 Å². The van der Waals surface area contributed by atoms with E-state index in [4.69, 9.17) is 0 Å². The van der Waals surface area contributed by atoms with Crippen molar-refractivity contribution in [1.82, 2.24) is 19.6 Å². The fraction of sp³-hybridized carbons (Fsp3) is 0. The number of aromatic nitrogens is 4. The Labute approximate surface area is 73.2 Å². The molecule has 0 amide bonds. The molecule has 0 saturated carbocycles. The molecule has 0 spiro atoms. The Morgan fingerprint density at radius 1 is 1.38 bits per heavy atom. The van der Waals surface area contributed by atoms with Crippen molar-refractivity contribution in [2.75, 3.05) is 0 Å². The summed E-state index contributed by atoms with van der Waals surface area (Å²) in [6.45, 7) is 0. The van der Waals surface area contributed by atoms with Crippen molar-refractivity contribution >= 4 is 0 Å². The van der Waals surface area contributed by atoms with Gasteiger partial charge in [-0.1, -0.05) is 4.68 Å². The van der Waals surface area contributed by atoms with Gasteiger partial charge >= 0.3 is 0 Å². The molecule has 1 N–H and O–H groups in total. The minimum Gasteiger partial charge on any atom is -0.351 e. The molecule has 0 atom stereocenters. The van der Waals surface area contributed by atoms with Crippen molar-refractivity contribution in [3.05, 3.63) is 47.6 Å². The van der Waals surface area contributed by atoms with Gasteiger partial charge in [0.05, 0.1) is 18.7 Å². The lowest BCUT2D eigenvalue weighted by molar-refractivity contribution is -0.542. The number of nitrogens with one attached hydrogen (secondary N) is 1. The van der Waals surface area contributed by atoms with Gasteiger partial charge in [-0.05, 0) is 0 Å². The number of nitrogens with zero attached hydrogens (tertiary/aromatic N) is 4. The highest BCUT2D eigenvalue weighted by Crippen LogP contribution is 1.80. The van der Waals surface area contributed by atoms with Crippen LogP contribution in [0.15, 0.2) is 37.4 Å². The highest BCUT2D eigenvalue weighted by atomic mass is 16.7. The van der Waals surface area contributed by atoms with E-state index in [2.05, 4.69) is 15.0 Å². The van der Waals surface area contributed by atoms with Crippen molar-refractivity contribution in [3.63, 3.8) is 0 Å². The molecule has 0 saturated heterocycles. The topological polar surface area (TPSA) is 89.6 Å². The standard InChI is InChI=1S/C3H3N3O2.C3H4N2/c7-6(8)5-2-1-4-3-5;1-2-5-3-4-1/h1-3H;1-3H,(H,4,5). The van der Waals surface area contributed by atoms with E-state index in [1.807, 2.05) is 0 Å². The quantitative estimate of drug-likeness (QED) is 0.507. The van der Waals surface area contributed by atoms with Crippen LogP contribution in [0.4, 0.5) is 0 Å². The van der Waals surface area contributed by atoms with E-state index in [0.717, 1.165) is 11.0 Å². The van der Waals surface area contributed by atoms with Gasteiger partial charge in [-0.2, -0.15) is 0 Å². The Balaban J connectivity index is 0.000000145. The van der Waals surface area contributed by atoms with Crippen molar-refractivity contribution < 1.29 is 5.03 Å². The summed E-state index contributed by atoms with van der Waals surface area (Å²) in [6, 6.07) is 0. The molecule has 2 rings (SSSR count). The minimum atomic E-state index is -0.562. The van der Waals surface area contributed by atoms with Crippen LogP contribution in [0, 0.1) is 10.1 Å². The van der Waals surface area contributed by atoms with E-state index >= 15 is 0 Å². The van der Waals surface area contributed by atoms with Crippen LogP contribution < -0.4 is 0 Å². The maximum absolute atomic E-state index is 9.79. The second kappa shape index (κ2) is 4.65. The SMILES string of the molecule is O=[N+]([O-])n1ccnc1.c1c[nH]cn1. The second-order valence-electron chi connectivity index (χ2n) is 1.94. The summed E-state index contributed by atoms with van der Waals surface area (Å²) in [5, 5.41) is 9.23. The lowest BCUT2D eigenvalue weighted by atomic mass is 11.0. The summed E-state index contributed by atoms with van der Waals surface area (Å²) in [5.74, 6) is 0. The highest BCUT2D eigenvalue weighted by Gasteiger charge is 1.94. The first-order valence-electron chi connectivity index (χ1n) is 3.36. The van der Waals surface area contributed by atoms with E-state index in [9.17, 15) is 10.1 Å². The third kappa shape index (κ3) is 3.14. The van der Waals surface area contributed by atoms with Crippen LogP contribution in [-0.2, 0) is 0 Å². The van der Waals surface area contributed by atoms with Crippen molar-refractivity contribution in [3.8, 4) is 0 Å². The predicted molar refractivity (Wildman–Crippen MR) is 43.2 cm³/mol. The van der Waals surface area contributed by atoms with Gasteiger partial charge in [-0.3, -0.25) is 0 Å². The molecule has 0 aromatic carbocycles. The first-order chi connectivity index (χ1) is 6.30. The van der Waals surface area contributed by atoms with Gasteiger partial charge < -0.3 is 4.98 Å². The van der Waals surface area contributed by atoms with Crippen LogP contribution in [0.25, 0.3) is 0 Å². The Morgan fingerprint density at radius 3 is 2.46 bits per heavy atom. The molecule has 0 unspecified atom stereocenters. The maximum Gasteiger partial charge on any atom is 0.170 e. The fourth-order valence-corrected chi connectivity index (χ4v) is 0.564. The summed E-state index contributed by atoms with van der Waals surface area (Å²) < 4.78 is 0.778. The number of imidazole rings is 2. The molecule has 7 heteroatoms. The first-order valence-corrected chi connectivity index (χ1v) is 3.36. The average molecular weight is 181 g/mol. The number of hydrogen-bond acceptors (Lipinski definition) is 4. The smallest absolute Gasteiger partial charge is 0.170 e. The average Bonchev–Trinajstić information content (AvgIpc) is 2.82. The molecule has 0 bridgehead atoms. The molecule has 7 nitrogen and oxygen atoms in total. The maximum atomic E-state index is 9.79. The van der Waals surface area contributed by atoms with E-state index < -0.39 is 5.03 Å². The molecule has 0 aliphatic heterocycles. The van der Waals surface area contributed by atoms with Crippen LogP contribution in [0.3, 0.4) is 0 Å². The zero-order valence-electron chi connectivity index (χ0n) is 6.57. The molecule has 2 aromatic rings. The fourth-order valence-electron chi connectivity index (χ4n) is 0.564. The van der Waals surface area contributed by atoms with Gasteiger partial charge in [0, 0.05) is 12.4 Å². The van der Waals surface area contributed by atoms with Crippen LogP contribution in [-0.4, -0.2) is 24.7 Å². The van der Waals surface area contributed by atoms with E-state index in [1.54, 1.807) is 18.7 Å². The first kappa shape index (κ1) is 8.91. The van der Waals surface area contributed by atoms with E-state index in [-0.39, 0.29) is 0 Å². The number of nitro groups is 1. The Morgan fingerprint density at radius 2 is 2.23 bits per heavy atom. The number of aromatic amines is 1. The van der Waals surface area contributed by atoms with Crippen LogP contribution >= 0.6 is 0 Å². The van der Waals surface area contributed by atoms with Gasteiger partial charge in [0.1, 0.15) is 0 Å². The normalized spacial score (nSPS) is 8.62. The molecule has 68 valence electrons. The number of hydrogen-bond donors (Lipinski definition) is 1. The Bertz CT molecular complexity index is 311. The van der Waals surface area contributed by atoms with Crippen molar-refractivity contribution in [2.45, 2.75) is 0 Å². The largest absolute Gasteiger partial charge is 0.351 e. The zero-order valence-corrected chi connectivity index (χ0v) is 6.57. The van der Waals surface area contributed by atoms with Crippen LogP contribution in [0.2, 0.25) is 0 Å². The summed E-state index contributed by atoms with van der Waals surface area (Å²) >= 11 is 0. The monoisotopic (exact) mass is 181 g/mol. The summed E-state index contributed by atoms with van der Waals surface area (Å²) in [7, 11) is 0. The van der Waals surface area contributed by atoms with Gasteiger partial charge in [-0.25, -0.2) is 20.1 Å². The highest BCUT2D eigenvalue weighted by molar-refractivity contribution is 4.68. The summed E-state index contributed by atoms with van der Waals surface area (Å²) in [6.07, 6.45) is 8.82. The Kier molecular flexibility index (Phi) is 3.19. The molecular weight excluding hydrogens is 174 g/mol. The van der Waals surface area contributed by atoms with E-state index in [0.29, 0.717) is 0 Å². The zero-order chi connectivity index (χ0) is 9.52. The minimum absolute atomic E-state index is 0.562. The predicted octanol–water partition coefficient (Wildman–Crippen LogP) is 0.333. The van der Waals surface area contributed by atoms with Crippen molar-refractivity contribution in [1.29, 1.82) is 0 Å². The summed E-state index contributed by atoms with van der Waals surface area (Å²) in [5.41, 5.74) is 0. The molecule has 0 aliphatic carbocycles. The van der Waals surface area contributed by atoms with Crippen molar-refractivity contribution in [2.24, 2.45) is 0 Å². The third-order valence-electron chi connectivity index (χ3n) is 1.08. The third-order valence-corrected chi connectivity index (χ3v) is 1.08. The molecule has 2 aromatic heterocycles. The lowest BCUT2D eigenvalue weighted by Crippen LogP contribution is -2.04. The van der Waals surface area contributed by atoms with Gasteiger partial charge in [0.2, 0.25) is 0 Å². The molecular formula is C6H7N5O2. The lowest BCUT2D eigenvalue weighted by Gasteiger charge is -1.81. The van der Waals surface area contributed by atoms with Gasteiger partial charge in [0.25, 0.3) is 0 Å². The molecule has 0 aliphatic rings. The second-order valence-corrected chi connectivity index (χ2v) is 1.94. The van der Waals surface area contributed by atoms with E-state index in [1.165, 1.54) is 12.4 Å². The molecule has 0 radical (unpaired) electrons. The molecule has 0 fully saturated rings. The molecule has 13 heavy (non-hydrogen) atoms. The van der Waals surface area contributed by atoms with Gasteiger partial charge in [0.15, 0.2) is 11.4 Å². The molecule has 2 heterocycles. The number of rotatable bonds is 1. The summed E-state index contributed by atoms with van der Waals surface area (Å²) in [4.78, 5) is 19.7. The van der Waals surface area contributed by atoms with Crippen LogP contribution in [0.1, 0.15) is 0 Å².